The molecule has 0 atom stereocenters. The molecule has 13 heavy (non-hydrogen) atoms. The van der Waals surface area contributed by atoms with Crippen LogP contribution in [0.1, 0.15) is 10.4 Å². The van der Waals surface area contributed by atoms with Gasteiger partial charge in [-0.05, 0) is 12.1 Å². The van der Waals surface area contributed by atoms with Gasteiger partial charge in [-0.1, -0.05) is 6.07 Å². The molecule has 0 amide bonds. The summed E-state index contributed by atoms with van der Waals surface area (Å²) < 4.78 is 27.5. The molecule has 1 aromatic rings. The van der Waals surface area contributed by atoms with Crippen molar-refractivity contribution in [1.29, 1.82) is 0 Å². The van der Waals surface area contributed by atoms with Crippen molar-refractivity contribution in [3.05, 3.63) is 23.8 Å². The molecule has 0 aliphatic carbocycles. The molecule has 70 valence electrons. The number of phenols is 1. The Kier molecular flexibility index (Phi) is 2.79. The number of hydrogen-bond donors (Lipinski definition) is 1. The molecule has 0 bridgehead atoms. The van der Waals surface area contributed by atoms with Crippen LogP contribution in [0.3, 0.4) is 0 Å². The lowest BCUT2D eigenvalue weighted by Crippen LogP contribution is -2.04. The molecule has 0 aliphatic heterocycles. The van der Waals surface area contributed by atoms with E-state index in [-0.39, 0.29) is 5.56 Å². The molecule has 0 spiro atoms. The van der Waals surface area contributed by atoms with E-state index in [1.165, 1.54) is 12.1 Å². The lowest BCUT2D eigenvalue weighted by atomic mass is 10.2. The first kappa shape index (κ1) is 9.44. The molecule has 1 N–H and O–H groups in total. The third kappa shape index (κ3) is 2.14. The Hall–Kier alpha value is -1.65. The van der Waals surface area contributed by atoms with Gasteiger partial charge in [0.2, 0.25) is 0 Å². The van der Waals surface area contributed by atoms with Crippen LogP contribution in [-0.4, -0.2) is 18.0 Å². The number of carbonyl (C=O) groups is 1. The predicted molar refractivity (Wildman–Crippen MR) is 40.1 cm³/mol. The Labute approximate surface area is 72.6 Å². The molecule has 0 saturated carbocycles. The Morgan fingerprint density at radius 3 is 2.69 bits per heavy atom. The zero-order valence-corrected chi connectivity index (χ0v) is 6.41. The van der Waals surface area contributed by atoms with E-state index in [0.29, 0.717) is 6.29 Å². The highest BCUT2D eigenvalue weighted by Crippen LogP contribution is 2.29. The molecular formula is C8H6F2O3. The van der Waals surface area contributed by atoms with E-state index < -0.39 is 18.1 Å². The summed E-state index contributed by atoms with van der Waals surface area (Å²) in [5.74, 6) is -0.975. The van der Waals surface area contributed by atoms with Gasteiger partial charge in [-0.3, -0.25) is 4.79 Å². The second kappa shape index (κ2) is 3.84. The molecule has 3 nitrogen and oxygen atoms in total. The molecule has 0 radical (unpaired) electrons. The Morgan fingerprint density at radius 2 is 2.15 bits per heavy atom. The molecule has 0 heterocycles. The highest BCUT2D eigenvalue weighted by Gasteiger charge is 2.12. The molecule has 1 aromatic carbocycles. The Bertz CT molecular complexity index is 312. The highest BCUT2D eigenvalue weighted by molar-refractivity contribution is 5.80. The van der Waals surface area contributed by atoms with Gasteiger partial charge in [0.1, 0.15) is 0 Å². The van der Waals surface area contributed by atoms with E-state index >= 15 is 0 Å². The van der Waals surface area contributed by atoms with Crippen LogP contribution < -0.4 is 4.74 Å². The van der Waals surface area contributed by atoms with Crippen molar-refractivity contribution < 1.29 is 23.4 Å². The van der Waals surface area contributed by atoms with E-state index in [2.05, 4.69) is 4.74 Å². The first-order valence-corrected chi connectivity index (χ1v) is 3.37. The zero-order chi connectivity index (χ0) is 9.84. The first-order chi connectivity index (χ1) is 6.15. The SMILES string of the molecule is O=Cc1cccc(O)c1OC(F)F. The second-order valence-electron chi connectivity index (χ2n) is 2.19. The third-order valence-electron chi connectivity index (χ3n) is 1.36. The minimum absolute atomic E-state index is 0.111. The summed E-state index contributed by atoms with van der Waals surface area (Å²) in [5, 5.41) is 9.05. The summed E-state index contributed by atoms with van der Waals surface area (Å²) in [6.45, 7) is -3.06. The van der Waals surface area contributed by atoms with Gasteiger partial charge >= 0.3 is 6.61 Å². The van der Waals surface area contributed by atoms with E-state index in [9.17, 15) is 13.6 Å². The Balaban J connectivity index is 3.07. The van der Waals surface area contributed by atoms with Gasteiger partial charge < -0.3 is 9.84 Å². The quantitative estimate of drug-likeness (QED) is 0.735. The monoisotopic (exact) mass is 188 g/mol. The van der Waals surface area contributed by atoms with Crippen LogP contribution in [0.4, 0.5) is 8.78 Å². The predicted octanol–water partition coefficient (Wildman–Crippen LogP) is 1.81. The van der Waals surface area contributed by atoms with Crippen molar-refractivity contribution in [1.82, 2.24) is 0 Å². The molecule has 0 saturated heterocycles. The van der Waals surface area contributed by atoms with Crippen LogP contribution in [0, 0.1) is 0 Å². The summed E-state index contributed by atoms with van der Waals surface area (Å²) in [7, 11) is 0. The van der Waals surface area contributed by atoms with Gasteiger partial charge in [-0.2, -0.15) is 8.78 Å². The van der Waals surface area contributed by atoms with Crippen molar-refractivity contribution in [3.63, 3.8) is 0 Å². The van der Waals surface area contributed by atoms with Crippen molar-refractivity contribution in [2.75, 3.05) is 0 Å². The van der Waals surface area contributed by atoms with Crippen molar-refractivity contribution >= 4 is 6.29 Å². The van der Waals surface area contributed by atoms with Gasteiger partial charge in [0.15, 0.2) is 17.8 Å². The molecular weight excluding hydrogens is 182 g/mol. The van der Waals surface area contributed by atoms with E-state index in [1.807, 2.05) is 0 Å². The number of rotatable bonds is 3. The zero-order valence-electron chi connectivity index (χ0n) is 6.41. The van der Waals surface area contributed by atoms with Crippen LogP contribution >= 0.6 is 0 Å². The Morgan fingerprint density at radius 1 is 1.46 bits per heavy atom. The van der Waals surface area contributed by atoms with Gasteiger partial charge in [0.05, 0.1) is 5.56 Å². The average molecular weight is 188 g/mol. The number of hydrogen-bond acceptors (Lipinski definition) is 3. The molecule has 5 heteroatoms. The number of alkyl halides is 2. The number of aromatic hydroxyl groups is 1. The summed E-state index contributed by atoms with van der Waals surface area (Å²) >= 11 is 0. The van der Waals surface area contributed by atoms with Gasteiger partial charge in [-0.25, -0.2) is 0 Å². The van der Waals surface area contributed by atoms with Crippen LogP contribution in [0.15, 0.2) is 18.2 Å². The third-order valence-corrected chi connectivity index (χ3v) is 1.36. The topological polar surface area (TPSA) is 46.5 Å². The maximum absolute atomic E-state index is 11.8. The smallest absolute Gasteiger partial charge is 0.387 e. The number of ether oxygens (including phenoxy) is 1. The van der Waals surface area contributed by atoms with Crippen molar-refractivity contribution in [2.45, 2.75) is 6.61 Å². The van der Waals surface area contributed by atoms with Crippen molar-refractivity contribution in [3.8, 4) is 11.5 Å². The highest BCUT2D eigenvalue weighted by atomic mass is 19.3. The normalized spacial score (nSPS) is 10.1. The summed E-state index contributed by atoms with van der Waals surface area (Å²) in [6, 6.07) is 3.78. The van der Waals surface area contributed by atoms with Crippen LogP contribution in [0.25, 0.3) is 0 Å². The number of halogens is 2. The fraction of sp³-hybridized carbons (Fsp3) is 0.125. The van der Waals surface area contributed by atoms with E-state index in [0.717, 1.165) is 6.07 Å². The lowest BCUT2D eigenvalue weighted by molar-refractivity contribution is -0.0514. The van der Waals surface area contributed by atoms with Gasteiger partial charge in [0.25, 0.3) is 0 Å². The number of phenolic OH excluding ortho intramolecular Hbond substituents is 1. The summed E-state index contributed by atoms with van der Waals surface area (Å²) in [6.07, 6.45) is 0.331. The minimum atomic E-state index is -3.06. The van der Waals surface area contributed by atoms with Gasteiger partial charge in [0, 0.05) is 0 Å². The molecule has 0 fully saturated rings. The van der Waals surface area contributed by atoms with Crippen LogP contribution in [0.5, 0.6) is 11.5 Å². The number of para-hydroxylation sites is 1. The van der Waals surface area contributed by atoms with Crippen molar-refractivity contribution in [2.24, 2.45) is 0 Å². The summed E-state index contributed by atoms with van der Waals surface area (Å²) in [4.78, 5) is 10.3. The van der Waals surface area contributed by atoms with Crippen LogP contribution in [0.2, 0.25) is 0 Å². The number of carbonyl (C=O) groups excluding carboxylic acids is 1. The maximum atomic E-state index is 11.8. The van der Waals surface area contributed by atoms with E-state index in [4.69, 9.17) is 5.11 Å². The minimum Gasteiger partial charge on any atom is -0.504 e. The average Bonchev–Trinajstić information content (AvgIpc) is 2.08. The van der Waals surface area contributed by atoms with Crippen LogP contribution in [-0.2, 0) is 0 Å². The molecule has 0 unspecified atom stereocenters. The van der Waals surface area contributed by atoms with E-state index in [1.54, 1.807) is 0 Å². The number of benzene rings is 1. The molecule has 0 aliphatic rings. The molecule has 0 aromatic heterocycles. The van der Waals surface area contributed by atoms with Gasteiger partial charge in [-0.15, -0.1) is 0 Å². The largest absolute Gasteiger partial charge is 0.504 e. The number of aldehydes is 1. The fourth-order valence-corrected chi connectivity index (χ4v) is 0.852. The fourth-order valence-electron chi connectivity index (χ4n) is 0.852. The first-order valence-electron chi connectivity index (χ1n) is 3.37. The summed E-state index contributed by atoms with van der Waals surface area (Å²) in [5.41, 5.74) is -0.111. The molecule has 1 rings (SSSR count). The standard InChI is InChI=1S/C8H6F2O3/c9-8(10)13-7-5(4-11)2-1-3-6(7)12/h1-4,8,12H. The maximum Gasteiger partial charge on any atom is 0.387 e. The lowest BCUT2D eigenvalue weighted by Gasteiger charge is -2.07. The second-order valence-corrected chi connectivity index (χ2v) is 2.19.